The molecule has 0 aliphatic rings. The van der Waals surface area contributed by atoms with Crippen molar-refractivity contribution in [3.63, 3.8) is 0 Å². The topological polar surface area (TPSA) is 29.3 Å². The lowest BCUT2D eigenvalue weighted by Crippen LogP contribution is -2.25. The van der Waals surface area contributed by atoms with Crippen molar-refractivity contribution in [1.82, 2.24) is 0 Å². The molecule has 106 valence electrons. The summed E-state index contributed by atoms with van der Waals surface area (Å²) in [6.45, 7) is 5.32. The van der Waals surface area contributed by atoms with Gasteiger partial charge in [-0.25, -0.2) is 4.39 Å². The van der Waals surface area contributed by atoms with Crippen molar-refractivity contribution in [3.8, 4) is 0 Å². The van der Waals surface area contributed by atoms with Gasteiger partial charge in [0, 0.05) is 19.1 Å². The van der Waals surface area contributed by atoms with E-state index in [0.29, 0.717) is 12.2 Å². The summed E-state index contributed by atoms with van der Waals surface area (Å²) in [6.07, 6.45) is 0. The molecule has 0 aliphatic carbocycles. The Morgan fingerprint density at radius 3 is 2.40 bits per heavy atom. The van der Waals surface area contributed by atoms with E-state index in [1.807, 2.05) is 43.0 Å². The Labute approximate surface area is 120 Å². The molecule has 0 saturated heterocycles. The molecule has 0 heterocycles. The number of nitrogens with two attached hydrogens (primary N) is 1. The Balaban J connectivity index is 2.37. The van der Waals surface area contributed by atoms with Gasteiger partial charge in [0.1, 0.15) is 5.82 Å². The van der Waals surface area contributed by atoms with Crippen molar-refractivity contribution in [3.05, 3.63) is 65.5 Å². The summed E-state index contributed by atoms with van der Waals surface area (Å²) in [5.41, 5.74) is 8.61. The van der Waals surface area contributed by atoms with Crippen LogP contribution in [0.25, 0.3) is 0 Å². The molecule has 0 radical (unpaired) electrons. The third-order valence-corrected chi connectivity index (χ3v) is 3.42. The average molecular weight is 272 g/mol. The molecule has 0 unspecified atom stereocenters. The number of hydrogen-bond acceptors (Lipinski definition) is 2. The Kier molecular flexibility index (Phi) is 4.74. The van der Waals surface area contributed by atoms with Gasteiger partial charge < -0.3 is 10.6 Å². The molecule has 0 aliphatic heterocycles. The smallest absolute Gasteiger partial charge is 0.146 e. The van der Waals surface area contributed by atoms with Gasteiger partial charge in [0.05, 0.1) is 5.69 Å². The van der Waals surface area contributed by atoms with Gasteiger partial charge in [-0.2, -0.15) is 0 Å². The second-order valence-corrected chi connectivity index (χ2v) is 4.97. The van der Waals surface area contributed by atoms with Crippen LogP contribution in [-0.4, -0.2) is 6.54 Å². The molecule has 2 nitrogen and oxygen atoms in total. The lowest BCUT2D eigenvalue weighted by Gasteiger charge is -2.27. The first-order valence-electron chi connectivity index (χ1n) is 6.96. The van der Waals surface area contributed by atoms with E-state index in [1.165, 1.54) is 6.07 Å². The van der Waals surface area contributed by atoms with Crippen molar-refractivity contribution in [2.45, 2.75) is 26.4 Å². The highest BCUT2D eigenvalue weighted by Crippen LogP contribution is 2.29. The molecule has 0 saturated carbocycles. The van der Waals surface area contributed by atoms with Crippen LogP contribution in [0.15, 0.2) is 48.5 Å². The standard InChI is InChI=1S/C17H21FN2/c1-3-20(12-14-8-5-4-6-9-14)17-15(13(2)19)10-7-11-16(17)18/h4-11,13H,3,12,19H2,1-2H3/t13-/m1/s1. The van der Waals surface area contributed by atoms with E-state index in [1.54, 1.807) is 6.07 Å². The highest BCUT2D eigenvalue weighted by molar-refractivity contribution is 5.56. The second kappa shape index (κ2) is 6.53. The predicted molar refractivity (Wildman–Crippen MR) is 82.2 cm³/mol. The van der Waals surface area contributed by atoms with E-state index >= 15 is 0 Å². The van der Waals surface area contributed by atoms with Gasteiger partial charge in [0.25, 0.3) is 0 Å². The highest BCUT2D eigenvalue weighted by atomic mass is 19.1. The maximum absolute atomic E-state index is 14.3. The highest BCUT2D eigenvalue weighted by Gasteiger charge is 2.17. The number of rotatable bonds is 5. The van der Waals surface area contributed by atoms with Crippen molar-refractivity contribution >= 4 is 5.69 Å². The first kappa shape index (κ1) is 14.5. The monoisotopic (exact) mass is 272 g/mol. The minimum Gasteiger partial charge on any atom is -0.365 e. The van der Waals surface area contributed by atoms with E-state index in [9.17, 15) is 4.39 Å². The Bertz CT molecular complexity index is 552. The van der Waals surface area contributed by atoms with Crippen molar-refractivity contribution in [2.24, 2.45) is 5.73 Å². The van der Waals surface area contributed by atoms with Crippen LogP contribution in [0.4, 0.5) is 10.1 Å². The predicted octanol–water partition coefficient (Wildman–Crippen LogP) is 3.87. The van der Waals surface area contributed by atoms with Crippen LogP contribution in [-0.2, 0) is 6.54 Å². The molecule has 0 amide bonds. The fraction of sp³-hybridized carbons (Fsp3) is 0.294. The lowest BCUT2D eigenvalue weighted by atomic mass is 10.0. The summed E-state index contributed by atoms with van der Waals surface area (Å²) in [5, 5.41) is 0. The minimum atomic E-state index is -0.211. The third kappa shape index (κ3) is 3.17. The number of para-hydroxylation sites is 1. The summed E-state index contributed by atoms with van der Waals surface area (Å²) in [4.78, 5) is 2.03. The van der Waals surface area contributed by atoms with E-state index in [-0.39, 0.29) is 11.9 Å². The summed E-state index contributed by atoms with van der Waals surface area (Å²) in [5.74, 6) is -0.211. The molecule has 3 heteroatoms. The molecular weight excluding hydrogens is 251 g/mol. The second-order valence-electron chi connectivity index (χ2n) is 4.97. The van der Waals surface area contributed by atoms with Gasteiger partial charge in [-0.05, 0) is 31.0 Å². The van der Waals surface area contributed by atoms with E-state index < -0.39 is 0 Å². The summed E-state index contributed by atoms with van der Waals surface area (Å²) < 4.78 is 14.3. The van der Waals surface area contributed by atoms with Crippen molar-refractivity contribution in [2.75, 3.05) is 11.4 Å². The molecule has 0 fully saturated rings. The van der Waals surface area contributed by atoms with Gasteiger partial charge >= 0.3 is 0 Å². The normalized spacial score (nSPS) is 12.2. The molecule has 20 heavy (non-hydrogen) atoms. The van der Waals surface area contributed by atoms with Gasteiger partial charge in [-0.15, -0.1) is 0 Å². The molecule has 0 spiro atoms. The van der Waals surface area contributed by atoms with Crippen LogP contribution in [0.5, 0.6) is 0 Å². The summed E-state index contributed by atoms with van der Waals surface area (Å²) in [6, 6.07) is 15.0. The van der Waals surface area contributed by atoms with Crippen LogP contribution in [0.2, 0.25) is 0 Å². The van der Waals surface area contributed by atoms with E-state index in [2.05, 4.69) is 12.1 Å². The molecule has 2 rings (SSSR count). The van der Waals surface area contributed by atoms with Crippen molar-refractivity contribution < 1.29 is 4.39 Å². The number of benzene rings is 2. The zero-order chi connectivity index (χ0) is 14.5. The average Bonchev–Trinajstić information content (AvgIpc) is 2.46. The summed E-state index contributed by atoms with van der Waals surface area (Å²) in [7, 11) is 0. The first-order chi connectivity index (χ1) is 9.63. The largest absolute Gasteiger partial charge is 0.365 e. The van der Waals surface area contributed by atoms with Crippen LogP contribution in [0.3, 0.4) is 0 Å². The van der Waals surface area contributed by atoms with Crippen molar-refractivity contribution in [1.29, 1.82) is 0 Å². The third-order valence-electron chi connectivity index (χ3n) is 3.42. The Hall–Kier alpha value is -1.87. The van der Waals surface area contributed by atoms with Gasteiger partial charge in [0.15, 0.2) is 0 Å². The molecule has 1 atom stereocenters. The molecule has 0 aromatic heterocycles. The molecule has 2 aromatic carbocycles. The molecule has 0 bridgehead atoms. The fourth-order valence-corrected chi connectivity index (χ4v) is 2.39. The number of hydrogen-bond donors (Lipinski definition) is 1. The van der Waals surface area contributed by atoms with Crippen LogP contribution >= 0.6 is 0 Å². The maximum atomic E-state index is 14.3. The van der Waals surface area contributed by atoms with E-state index in [4.69, 9.17) is 5.73 Å². The fourth-order valence-electron chi connectivity index (χ4n) is 2.39. The molecular formula is C17H21FN2. The first-order valence-corrected chi connectivity index (χ1v) is 6.96. The molecule has 2 N–H and O–H groups in total. The number of anilines is 1. The number of nitrogens with zero attached hydrogens (tertiary/aromatic N) is 1. The minimum absolute atomic E-state index is 0.189. The van der Waals surface area contributed by atoms with Gasteiger partial charge in [-0.1, -0.05) is 42.5 Å². The lowest BCUT2D eigenvalue weighted by molar-refractivity contribution is 0.611. The van der Waals surface area contributed by atoms with Gasteiger partial charge in [-0.3, -0.25) is 0 Å². The van der Waals surface area contributed by atoms with Gasteiger partial charge in [0.2, 0.25) is 0 Å². The Morgan fingerprint density at radius 2 is 1.80 bits per heavy atom. The van der Waals surface area contributed by atoms with Crippen LogP contribution in [0.1, 0.15) is 31.0 Å². The van der Waals surface area contributed by atoms with Crippen LogP contribution in [0, 0.1) is 5.82 Å². The zero-order valence-electron chi connectivity index (χ0n) is 12.0. The van der Waals surface area contributed by atoms with E-state index in [0.717, 1.165) is 17.7 Å². The zero-order valence-corrected chi connectivity index (χ0v) is 12.0. The summed E-state index contributed by atoms with van der Waals surface area (Å²) >= 11 is 0. The number of halogens is 1. The SMILES string of the molecule is CCN(Cc1ccccc1)c1c(F)cccc1[C@@H](C)N. The maximum Gasteiger partial charge on any atom is 0.146 e. The quantitative estimate of drug-likeness (QED) is 0.895. The van der Waals surface area contributed by atoms with Crippen LogP contribution < -0.4 is 10.6 Å². The Morgan fingerprint density at radius 1 is 1.10 bits per heavy atom. The molecule has 2 aromatic rings.